The van der Waals surface area contributed by atoms with Crippen LogP contribution >= 0.6 is 0 Å². The van der Waals surface area contributed by atoms with Crippen molar-refractivity contribution in [3.8, 4) is 5.75 Å². The van der Waals surface area contributed by atoms with Crippen molar-refractivity contribution in [3.63, 3.8) is 0 Å². The number of morpholine rings is 1. The monoisotopic (exact) mass is 611 g/mol. The first-order chi connectivity index (χ1) is 20.8. The second kappa shape index (κ2) is 15.6. The smallest absolute Gasteiger partial charge is 0.261 e. The van der Waals surface area contributed by atoms with Crippen molar-refractivity contribution in [2.45, 2.75) is 43.7 Å². The third-order valence-corrected chi connectivity index (χ3v) is 9.05. The zero-order valence-electron chi connectivity index (χ0n) is 24.3. The Labute approximate surface area is 252 Å². The van der Waals surface area contributed by atoms with Gasteiger partial charge in [0.05, 0.1) is 18.1 Å². The standard InChI is InChI=1S/C32H38FN3O6S/c1-2-3-7-18-34-32(38)31(26-8-5-4-6-9-26)36(23-25-10-12-27(33)13-11-25)30(37)24-42-28-14-16-29(17-15-28)43(39,40)35-19-21-41-22-20-35/h4-6,8-17,31H,2-3,7,18-24H2,1H3,(H,34,38)/t31-/m1/s1. The maximum Gasteiger partial charge on any atom is 0.261 e. The third kappa shape index (κ3) is 8.85. The maximum atomic E-state index is 13.7. The summed E-state index contributed by atoms with van der Waals surface area (Å²) in [6, 6.07) is 19.7. The van der Waals surface area contributed by atoms with E-state index in [1.54, 1.807) is 36.4 Å². The number of rotatable bonds is 14. The van der Waals surface area contributed by atoms with Crippen molar-refractivity contribution in [1.82, 2.24) is 14.5 Å². The molecular formula is C32H38FN3O6S. The van der Waals surface area contributed by atoms with Gasteiger partial charge in [0, 0.05) is 26.2 Å². The summed E-state index contributed by atoms with van der Waals surface area (Å²) in [6.07, 6.45) is 2.79. The maximum absolute atomic E-state index is 13.7. The molecule has 11 heteroatoms. The van der Waals surface area contributed by atoms with Crippen molar-refractivity contribution in [2.75, 3.05) is 39.5 Å². The van der Waals surface area contributed by atoms with E-state index in [-0.39, 0.29) is 30.4 Å². The fourth-order valence-corrected chi connectivity index (χ4v) is 6.18. The predicted octanol–water partition coefficient (Wildman–Crippen LogP) is 4.30. The van der Waals surface area contributed by atoms with E-state index < -0.39 is 34.4 Å². The first kappa shape index (κ1) is 32.1. The predicted molar refractivity (Wildman–Crippen MR) is 160 cm³/mol. The summed E-state index contributed by atoms with van der Waals surface area (Å²) in [5, 5.41) is 2.97. The van der Waals surface area contributed by atoms with E-state index in [0.29, 0.717) is 36.6 Å². The van der Waals surface area contributed by atoms with Crippen LogP contribution in [0.4, 0.5) is 4.39 Å². The van der Waals surface area contributed by atoms with Crippen LogP contribution in [0, 0.1) is 5.82 Å². The molecule has 9 nitrogen and oxygen atoms in total. The van der Waals surface area contributed by atoms with E-state index in [1.165, 1.54) is 45.6 Å². The van der Waals surface area contributed by atoms with Gasteiger partial charge in [-0.25, -0.2) is 12.8 Å². The summed E-state index contributed by atoms with van der Waals surface area (Å²) >= 11 is 0. The Morgan fingerprint density at radius 2 is 1.65 bits per heavy atom. The number of nitrogens with one attached hydrogen (secondary N) is 1. The Bertz CT molecular complexity index is 1430. The molecule has 4 rings (SSSR count). The Morgan fingerprint density at radius 1 is 0.977 bits per heavy atom. The van der Waals surface area contributed by atoms with Crippen molar-refractivity contribution < 1.29 is 31.9 Å². The number of nitrogens with zero attached hydrogens (tertiary/aromatic N) is 2. The van der Waals surface area contributed by atoms with Gasteiger partial charge in [0.15, 0.2) is 6.61 Å². The highest BCUT2D eigenvalue weighted by atomic mass is 32.2. The minimum atomic E-state index is -3.67. The Hall–Kier alpha value is -3.80. The molecule has 0 aliphatic carbocycles. The molecule has 2 amide bonds. The topological polar surface area (TPSA) is 105 Å². The number of hydrogen-bond donors (Lipinski definition) is 1. The lowest BCUT2D eigenvalue weighted by Gasteiger charge is -2.31. The molecule has 3 aromatic rings. The van der Waals surface area contributed by atoms with Gasteiger partial charge in [-0.15, -0.1) is 0 Å². The van der Waals surface area contributed by atoms with Crippen LogP contribution in [-0.4, -0.2) is 68.9 Å². The SMILES string of the molecule is CCCCCNC(=O)[C@@H](c1ccccc1)N(Cc1ccc(F)cc1)C(=O)COc1ccc(S(=O)(=O)N2CCOCC2)cc1. The molecule has 43 heavy (non-hydrogen) atoms. The van der Waals surface area contributed by atoms with Gasteiger partial charge in [-0.2, -0.15) is 4.31 Å². The molecule has 0 unspecified atom stereocenters. The van der Waals surface area contributed by atoms with Crippen LogP contribution in [0.15, 0.2) is 83.8 Å². The minimum absolute atomic E-state index is 0.0428. The number of unbranched alkanes of at least 4 members (excludes halogenated alkanes) is 2. The molecule has 0 aromatic heterocycles. The molecule has 1 saturated heterocycles. The van der Waals surface area contributed by atoms with E-state index in [9.17, 15) is 22.4 Å². The first-order valence-electron chi connectivity index (χ1n) is 14.5. The van der Waals surface area contributed by atoms with Gasteiger partial charge >= 0.3 is 0 Å². The van der Waals surface area contributed by atoms with Crippen molar-refractivity contribution in [2.24, 2.45) is 0 Å². The third-order valence-electron chi connectivity index (χ3n) is 7.14. The van der Waals surface area contributed by atoms with Crippen molar-refractivity contribution >= 4 is 21.8 Å². The molecule has 3 aromatic carbocycles. The zero-order valence-corrected chi connectivity index (χ0v) is 25.1. The molecule has 1 atom stereocenters. The lowest BCUT2D eigenvalue weighted by Crippen LogP contribution is -2.45. The highest BCUT2D eigenvalue weighted by molar-refractivity contribution is 7.89. The lowest BCUT2D eigenvalue weighted by atomic mass is 10.0. The number of carbonyl (C=O) groups excluding carboxylic acids is 2. The number of sulfonamides is 1. The van der Waals surface area contributed by atoms with Gasteiger partial charge < -0.3 is 19.7 Å². The number of carbonyl (C=O) groups is 2. The van der Waals surface area contributed by atoms with E-state index in [2.05, 4.69) is 12.2 Å². The quantitative estimate of drug-likeness (QED) is 0.273. The van der Waals surface area contributed by atoms with Gasteiger partial charge in [-0.3, -0.25) is 9.59 Å². The second-order valence-electron chi connectivity index (χ2n) is 10.2. The molecule has 230 valence electrons. The number of benzene rings is 3. The van der Waals surface area contributed by atoms with Crippen LogP contribution in [-0.2, 0) is 30.9 Å². The average Bonchev–Trinajstić information content (AvgIpc) is 3.03. The van der Waals surface area contributed by atoms with Gasteiger partial charge in [-0.1, -0.05) is 62.2 Å². The van der Waals surface area contributed by atoms with Crippen molar-refractivity contribution in [3.05, 3.63) is 95.8 Å². The molecule has 0 saturated carbocycles. The van der Waals surface area contributed by atoms with E-state index in [4.69, 9.17) is 9.47 Å². The second-order valence-corrected chi connectivity index (χ2v) is 12.2. The highest BCUT2D eigenvalue weighted by Crippen LogP contribution is 2.25. The average molecular weight is 612 g/mol. The molecule has 1 heterocycles. The molecule has 1 aliphatic heterocycles. The van der Waals surface area contributed by atoms with Crippen LogP contribution in [0.25, 0.3) is 0 Å². The van der Waals surface area contributed by atoms with Crippen LogP contribution in [0.5, 0.6) is 5.75 Å². The van der Waals surface area contributed by atoms with Crippen molar-refractivity contribution in [1.29, 1.82) is 0 Å². The number of hydrogen-bond acceptors (Lipinski definition) is 6. The van der Waals surface area contributed by atoms with Crippen LogP contribution in [0.3, 0.4) is 0 Å². The van der Waals surface area contributed by atoms with Gasteiger partial charge in [0.25, 0.3) is 5.91 Å². The lowest BCUT2D eigenvalue weighted by molar-refractivity contribution is -0.143. The number of ether oxygens (including phenoxy) is 2. The molecule has 1 aliphatic rings. The molecule has 0 bridgehead atoms. The molecule has 1 N–H and O–H groups in total. The molecular weight excluding hydrogens is 573 g/mol. The first-order valence-corrected chi connectivity index (χ1v) is 15.9. The molecule has 1 fully saturated rings. The van der Waals surface area contributed by atoms with Gasteiger partial charge in [0.2, 0.25) is 15.9 Å². The summed E-state index contributed by atoms with van der Waals surface area (Å²) in [7, 11) is -3.67. The Morgan fingerprint density at radius 3 is 2.30 bits per heavy atom. The number of halogens is 1. The van der Waals surface area contributed by atoms with E-state index in [0.717, 1.165) is 19.3 Å². The summed E-state index contributed by atoms with van der Waals surface area (Å²) in [6.45, 7) is 3.46. The largest absolute Gasteiger partial charge is 0.484 e. The molecule has 0 spiro atoms. The fourth-order valence-electron chi connectivity index (χ4n) is 4.77. The molecule has 0 radical (unpaired) electrons. The Kier molecular flexibility index (Phi) is 11.7. The zero-order chi connectivity index (χ0) is 30.7. The summed E-state index contributed by atoms with van der Waals surface area (Å²) in [5.74, 6) is -0.893. The summed E-state index contributed by atoms with van der Waals surface area (Å²) in [5.41, 5.74) is 1.27. The summed E-state index contributed by atoms with van der Waals surface area (Å²) < 4.78 is 51.9. The van der Waals surface area contributed by atoms with E-state index >= 15 is 0 Å². The summed E-state index contributed by atoms with van der Waals surface area (Å²) in [4.78, 5) is 28.9. The van der Waals surface area contributed by atoms with Crippen LogP contribution < -0.4 is 10.1 Å². The van der Waals surface area contributed by atoms with E-state index in [1.807, 2.05) is 6.07 Å². The van der Waals surface area contributed by atoms with Gasteiger partial charge in [0.1, 0.15) is 17.6 Å². The number of amides is 2. The van der Waals surface area contributed by atoms with Crippen LogP contribution in [0.1, 0.15) is 43.4 Å². The minimum Gasteiger partial charge on any atom is -0.484 e. The van der Waals surface area contributed by atoms with Crippen LogP contribution in [0.2, 0.25) is 0 Å². The Balaban J connectivity index is 1.54. The normalized spacial score (nSPS) is 14.6. The highest BCUT2D eigenvalue weighted by Gasteiger charge is 2.32. The van der Waals surface area contributed by atoms with Gasteiger partial charge in [-0.05, 0) is 53.9 Å². The fraction of sp³-hybridized carbons (Fsp3) is 0.375.